The number of hydrogen-bond acceptors (Lipinski definition) is 6. The Hall–Kier alpha value is 0.387. The molecule has 0 aliphatic heterocycles. The minimum absolute atomic E-state index is 0.0228. The van der Waals surface area contributed by atoms with Crippen molar-refractivity contribution in [3.8, 4) is 0 Å². The molecule has 0 radical (unpaired) electrons. The molecule has 1 N–H and O–H groups in total. The van der Waals surface area contributed by atoms with Gasteiger partial charge in [0, 0.05) is 37.1 Å². The topological polar surface area (TPSA) is 74.2 Å². The van der Waals surface area contributed by atoms with Crippen LogP contribution in [-0.2, 0) is 37.7 Å². The van der Waals surface area contributed by atoms with Gasteiger partial charge in [-0.25, -0.2) is 0 Å². The molecule has 0 spiro atoms. The van der Waals surface area contributed by atoms with E-state index in [2.05, 4.69) is 15.4 Å². The van der Waals surface area contributed by atoms with Crippen molar-refractivity contribution in [1.82, 2.24) is 0 Å². The molecule has 0 saturated carbocycles. The summed E-state index contributed by atoms with van der Waals surface area (Å²) in [5, 5.41) is 0. The second-order valence-electron chi connectivity index (χ2n) is 2.98. The first-order valence-electron chi connectivity index (χ1n) is 5.42. The van der Waals surface area contributed by atoms with Crippen LogP contribution < -0.4 is 0 Å². The fourth-order valence-electron chi connectivity index (χ4n) is 1.27. The molecule has 0 fully saturated rings. The van der Waals surface area contributed by atoms with Gasteiger partial charge < -0.3 is 13.3 Å². The molecule has 0 heterocycles. The zero-order valence-corrected chi connectivity index (χ0v) is 13.0. The van der Waals surface area contributed by atoms with Crippen LogP contribution in [0.15, 0.2) is 0 Å². The predicted octanol–water partition coefficient (Wildman–Crippen LogP) is 1.19. The summed E-state index contributed by atoms with van der Waals surface area (Å²) in [4.78, 5) is 0. The molecule has 9 heteroatoms. The SMILES string of the molecule is CCO[Si](CCOS(=O)(O)=S)(OCC)OCC. The highest BCUT2D eigenvalue weighted by molar-refractivity contribution is 8.27. The van der Waals surface area contributed by atoms with Crippen molar-refractivity contribution in [2.45, 2.75) is 26.8 Å². The van der Waals surface area contributed by atoms with Crippen molar-refractivity contribution in [3.63, 3.8) is 0 Å². The van der Waals surface area contributed by atoms with Gasteiger partial charge in [0.25, 0.3) is 9.05 Å². The average Bonchev–Trinajstić information content (AvgIpc) is 2.16. The van der Waals surface area contributed by atoms with Crippen LogP contribution in [0.25, 0.3) is 0 Å². The molecular weight excluding hydrogens is 284 g/mol. The Morgan fingerprint density at radius 1 is 1.12 bits per heavy atom. The maximum atomic E-state index is 10.8. The second-order valence-corrected chi connectivity index (χ2v) is 8.07. The molecule has 0 aromatic heterocycles. The molecule has 0 rings (SSSR count). The molecule has 0 saturated heterocycles. The zero-order valence-electron chi connectivity index (χ0n) is 10.3. The summed E-state index contributed by atoms with van der Waals surface area (Å²) in [7, 11) is -6.41. The van der Waals surface area contributed by atoms with Crippen molar-refractivity contribution >= 4 is 29.0 Å². The third kappa shape index (κ3) is 8.16. The van der Waals surface area contributed by atoms with Crippen LogP contribution in [0.4, 0.5) is 0 Å². The Labute approximate surface area is 109 Å². The van der Waals surface area contributed by atoms with Crippen LogP contribution in [0.3, 0.4) is 0 Å². The minimum Gasteiger partial charge on any atom is -0.374 e. The van der Waals surface area contributed by atoms with E-state index >= 15 is 0 Å². The molecule has 0 aromatic rings. The summed E-state index contributed by atoms with van der Waals surface area (Å²) in [6.45, 7) is 6.84. The Morgan fingerprint density at radius 2 is 1.53 bits per heavy atom. The smallest absolute Gasteiger partial charge is 0.374 e. The third-order valence-electron chi connectivity index (χ3n) is 1.73. The van der Waals surface area contributed by atoms with Crippen LogP contribution in [0, 0.1) is 0 Å². The van der Waals surface area contributed by atoms with Crippen molar-refractivity contribution in [3.05, 3.63) is 0 Å². The Balaban J connectivity index is 4.43. The molecule has 1 unspecified atom stereocenters. The normalized spacial score (nSPS) is 15.8. The number of rotatable bonds is 10. The van der Waals surface area contributed by atoms with Crippen LogP contribution in [0.1, 0.15) is 20.8 Å². The van der Waals surface area contributed by atoms with Crippen LogP contribution in [-0.4, -0.2) is 44.0 Å². The van der Waals surface area contributed by atoms with Crippen molar-refractivity contribution in [1.29, 1.82) is 0 Å². The lowest BCUT2D eigenvalue weighted by Crippen LogP contribution is -2.47. The van der Waals surface area contributed by atoms with Gasteiger partial charge in [0.1, 0.15) is 0 Å². The highest BCUT2D eigenvalue weighted by Gasteiger charge is 2.40. The highest BCUT2D eigenvalue weighted by Crippen LogP contribution is 2.16. The van der Waals surface area contributed by atoms with Gasteiger partial charge in [0.05, 0.1) is 6.61 Å². The number of hydrogen-bond donors (Lipinski definition) is 1. The maximum absolute atomic E-state index is 10.8. The standard InChI is InChI=1S/C8H20O6S2Si/c1-4-12-17(13-5-2,14-6-3)8-7-11-16(9,10)15/h4-8H2,1-3H3,(H,9,10,15). The summed E-state index contributed by atoms with van der Waals surface area (Å²) in [5.41, 5.74) is 0. The van der Waals surface area contributed by atoms with Crippen molar-refractivity contribution < 1.29 is 26.2 Å². The van der Waals surface area contributed by atoms with E-state index in [4.69, 9.17) is 17.8 Å². The summed E-state index contributed by atoms with van der Waals surface area (Å²) in [5.74, 6) is 0. The predicted molar refractivity (Wildman–Crippen MR) is 69.5 cm³/mol. The maximum Gasteiger partial charge on any atom is 0.503 e. The minimum atomic E-state index is -3.60. The monoisotopic (exact) mass is 304 g/mol. The van der Waals surface area contributed by atoms with Crippen LogP contribution in [0.2, 0.25) is 6.04 Å². The van der Waals surface area contributed by atoms with Gasteiger partial charge >= 0.3 is 8.80 Å². The molecule has 104 valence electrons. The average molecular weight is 304 g/mol. The van der Waals surface area contributed by atoms with E-state index in [1.54, 1.807) is 0 Å². The van der Waals surface area contributed by atoms with Gasteiger partial charge in [-0.3, -0.25) is 8.74 Å². The van der Waals surface area contributed by atoms with Gasteiger partial charge in [-0.15, -0.1) is 0 Å². The molecule has 0 aliphatic carbocycles. The molecule has 17 heavy (non-hydrogen) atoms. The molecule has 1 atom stereocenters. The lowest BCUT2D eigenvalue weighted by atomic mass is 10.9. The van der Waals surface area contributed by atoms with Gasteiger partial charge in [-0.05, 0) is 20.8 Å². The lowest BCUT2D eigenvalue weighted by molar-refractivity contribution is 0.0678. The first-order valence-corrected chi connectivity index (χ1v) is 9.72. The highest BCUT2D eigenvalue weighted by atomic mass is 32.9. The Morgan fingerprint density at radius 3 is 1.82 bits per heavy atom. The van der Waals surface area contributed by atoms with Crippen molar-refractivity contribution in [2.75, 3.05) is 26.4 Å². The summed E-state index contributed by atoms with van der Waals surface area (Å²) in [6.07, 6.45) is 0. The van der Waals surface area contributed by atoms with Crippen LogP contribution in [0.5, 0.6) is 0 Å². The van der Waals surface area contributed by atoms with E-state index in [9.17, 15) is 4.21 Å². The first kappa shape index (κ1) is 17.4. The van der Waals surface area contributed by atoms with Gasteiger partial charge in [-0.2, -0.15) is 4.21 Å². The quantitative estimate of drug-likeness (QED) is 0.608. The fourth-order valence-corrected chi connectivity index (χ4v) is 4.27. The van der Waals surface area contributed by atoms with Gasteiger partial charge in [-0.1, -0.05) is 0 Å². The zero-order chi connectivity index (χ0) is 13.4. The van der Waals surface area contributed by atoms with E-state index in [1.165, 1.54) is 0 Å². The third-order valence-corrected chi connectivity index (χ3v) is 5.49. The molecule has 0 bridgehead atoms. The Bertz CT molecular complexity index is 277. The van der Waals surface area contributed by atoms with Crippen molar-refractivity contribution in [2.24, 2.45) is 0 Å². The van der Waals surface area contributed by atoms with Gasteiger partial charge in [0.15, 0.2) is 0 Å². The Kier molecular flexibility index (Phi) is 8.68. The summed E-state index contributed by atoms with van der Waals surface area (Å²) in [6, 6.07) is 0.302. The fraction of sp³-hybridized carbons (Fsp3) is 1.00. The molecule has 0 aliphatic rings. The lowest BCUT2D eigenvalue weighted by Gasteiger charge is -2.28. The van der Waals surface area contributed by atoms with E-state index in [1.807, 2.05) is 20.8 Å². The molecular formula is C8H20O6S2Si. The molecule has 0 amide bonds. The molecule has 0 aromatic carbocycles. The summed E-state index contributed by atoms with van der Waals surface area (Å²) < 4.78 is 40.8. The van der Waals surface area contributed by atoms with Gasteiger partial charge in [0.2, 0.25) is 0 Å². The van der Waals surface area contributed by atoms with Crippen LogP contribution >= 0.6 is 0 Å². The van der Waals surface area contributed by atoms with E-state index in [-0.39, 0.29) is 6.61 Å². The van der Waals surface area contributed by atoms with E-state index < -0.39 is 17.9 Å². The molecule has 6 nitrogen and oxygen atoms in total. The second kappa shape index (κ2) is 8.48. The summed E-state index contributed by atoms with van der Waals surface area (Å²) >= 11 is 4.22. The largest absolute Gasteiger partial charge is 0.503 e. The van der Waals surface area contributed by atoms with E-state index in [0.717, 1.165) is 0 Å². The van der Waals surface area contributed by atoms with E-state index in [0.29, 0.717) is 25.9 Å². The first-order chi connectivity index (χ1) is 7.89.